The summed E-state index contributed by atoms with van der Waals surface area (Å²) < 4.78 is 18.7. The minimum absolute atomic E-state index is 0.0354. The molecule has 128 valence electrons. The van der Waals surface area contributed by atoms with E-state index in [2.05, 4.69) is 5.32 Å². The lowest BCUT2D eigenvalue weighted by Crippen LogP contribution is -3.08. The predicted molar refractivity (Wildman–Crippen MR) is 91.6 cm³/mol. The number of rotatable bonds is 8. The molecule has 0 heterocycles. The van der Waals surface area contributed by atoms with Crippen molar-refractivity contribution in [2.45, 2.75) is 13.0 Å². The van der Waals surface area contributed by atoms with Crippen LogP contribution < -0.4 is 15.0 Å². The third kappa shape index (κ3) is 5.66. The first-order valence-electron chi connectivity index (χ1n) is 8.03. The fourth-order valence-electron chi connectivity index (χ4n) is 2.57. The van der Waals surface area contributed by atoms with E-state index in [1.54, 1.807) is 25.3 Å². The van der Waals surface area contributed by atoms with Crippen molar-refractivity contribution < 1.29 is 18.8 Å². The average molecular weight is 331 g/mol. The maximum absolute atomic E-state index is 13.5. The quantitative estimate of drug-likeness (QED) is 0.764. The topological polar surface area (TPSA) is 42.8 Å². The highest BCUT2D eigenvalue weighted by Crippen LogP contribution is 2.11. The highest BCUT2D eigenvalue weighted by atomic mass is 19.1. The molecule has 1 amide bonds. The summed E-state index contributed by atoms with van der Waals surface area (Å²) in [6.45, 7) is 1.54. The van der Waals surface area contributed by atoms with Gasteiger partial charge < -0.3 is 15.0 Å². The van der Waals surface area contributed by atoms with Crippen LogP contribution in [0.5, 0.6) is 5.75 Å². The first-order valence-corrected chi connectivity index (χ1v) is 8.03. The van der Waals surface area contributed by atoms with Gasteiger partial charge in [-0.25, -0.2) is 4.39 Å². The summed E-state index contributed by atoms with van der Waals surface area (Å²) >= 11 is 0. The maximum atomic E-state index is 13.5. The van der Waals surface area contributed by atoms with Crippen LogP contribution in [0.4, 0.5) is 4.39 Å². The summed E-state index contributed by atoms with van der Waals surface area (Å²) in [6.07, 6.45) is 0.493. The Morgan fingerprint density at radius 1 is 1.21 bits per heavy atom. The van der Waals surface area contributed by atoms with Gasteiger partial charge in [-0.05, 0) is 30.2 Å². The van der Waals surface area contributed by atoms with Crippen molar-refractivity contribution >= 4 is 5.91 Å². The maximum Gasteiger partial charge on any atom is 0.275 e. The summed E-state index contributed by atoms with van der Waals surface area (Å²) in [7, 11) is 3.61. The molecule has 0 radical (unpaired) electrons. The molecule has 0 bridgehead atoms. The standard InChI is InChI=1S/C19H23FN2O2/c1-22(13-15-6-5-8-17(12-15)24-2)14-19(23)21-11-10-16-7-3-4-9-18(16)20/h3-9,12H,10-11,13-14H2,1-2H3,(H,21,23)/p+1. The number of halogens is 1. The van der Waals surface area contributed by atoms with Crippen molar-refractivity contribution in [3.8, 4) is 5.75 Å². The largest absolute Gasteiger partial charge is 0.497 e. The van der Waals surface area contributed by atoms with Crippen LogP contribution in [-0.4, -0.2) is 33.2 Å². The van der Waals surface area contributed by atoms with Gasteiger partial charge in [0.2, 0.25) is 0 Å². The Morgan fingerprint density at radius 3 is 2.75 bits per heavy atom. The van der Waals surface area contributed by atoms with Crippen LogP contribution in [0.2, 0.25) is 0 Å². The van der Waals surface area contributed by atoms with Gasteiger partial charge in [-0.15, -0.1) is 0 Å². The average Bonchev–Trinajstić information content (AvgIpc) is 2.56. The molecule has 1 atom stereocenters. The van der Waals surface area contributed by atoms with Gasteiger partial charge in [0.1, 0.15) is 18.1 Å². The molecule has 0 spiro atoms. The smallest absolute Gasteiger partial charge is 0.275 e. The molecule has 0 fully saturated rings. The number of carbonyl (C=O) groups excluding carboxylic acids is 1. The van der Waals surface area contributed by atoms with Crippen molar-refractivity contribution in [1.29, 1.82) is 0 Å². The molecule has 0 aliphatic rings. The molecule has 0 aromatic heterocycles. The van der Waals surface area contributed by atoms with Crippen LogP contribution in [0, 0.1) is 5.82 Å². The highest BCUT2D eigenvalue weighted by molar-refractivity contribution is 5.76. The third-order valence-corrected chi connectivity index (χ3v) is 3.78. The van der Waals surface area contributed by atoms with Gasteiger partial charge in [0, 0.05) is 12.1 Å². The van der Waals surface area contributed by atoms with Gasteiger partial charge in [-0.2, -0.15) is 0 Å². The first-order chi connectivity index (χ1) is 11.6. The lowest BCUT2D eigenvalue weighted by Gasteiger charge is -2.14. The van der Waals surface area contributed by atoms with E-state index in [-0.39, 0.29) is 11.7 Å². The fourth-order valence-corrected chi connectivity index (χ4v) is 2.57. The Morgan fingerprint density at radius 2 is 2.00 bits per heavy atom. The second kappa shape index (κ2) is 9.03. The number of benzene rings is 2. The molecule has 24 heavy (non-hydrogen) atoms. The number of hydrogen-bond acceptors (Lipinski definition) is 2. The van der Waals surface area contributed by atoms with Gasteiger partial charge in [0.25, 0.3) is 5.91 Å². The van der Waals surface area contributed by atoms with E-state index in [0.29, 0.717) is 25.1 Å². The molecule has 0 aliphatic heterocycles. The Kier molecular flexibility index (Phi) is 6.75. The van der Waals surface area contributed by atoms with Crippen molar-refractivity contribution in [1.82, 2.24) is 5.32 Å². The fraction of sp³-hybridized carbons (Fsp3) is 0.316. The Balaban J connectivity index is 1.74. The molecule has 2 rings (SSSR count). The minimum Gasteiger partial charge on any atom is -0.497 e. The van der Waals surface area contributed by atoms with Crippen LogP contribution in [0.1, 0.15) is 11.1 Å². The number of amides is 1. The lowest BCUT2D eigenvalue weighted by atomic mass is 10.1. The Bertz CT molecular complexity index is 676. The SMILES string of the molecule is COc1cccc(C[NH+](C)CC(=O)NCCc2ccccc2F)c1. The number of likely N-dealkylation sites (N-methyl/N-ethyl adjacent to an activating group) is 1. The second-order valence-corrected chi connectivity index (χ2v) is 5.85. The van der Waals surface area contributed by atoms with Crippen molar-refractivity contribution in [2.75, 3.05) is 27.2 Å². The van der Waals surface area contributed by atoms with Gasteiger partial charge in [0.15, 0.2) is 6.54 Å². The van der Waals surface area contributed by atoms with Gasteiger partial charge >= 0.3 is 0 Å². The summed E-state index contributed by atoms with van der Waals surface area (Å²) in [6, 6.07) is 14.5. The van der Waals surface area contributed by atoms with E-state index in [0.717, 1.165) is 22.8 Å². The van der Waals surface area contributed by atoms with Gasteiger partial charge in [-0.3, -0.25) is 4.79 Å². The number of ether oxygens (including phenoxy) is 1. The van der Waals surface area contributed by atoms with Crippen molar-refractivity contribution in [3.05, 3.63) is 65.5 Å². The van der Waals surface area contributed by atoms with Gasteiger partial charge in [-0.1, -0.05) is 30.3 Å². The number of hydrogen-bond donors (Lipinski definition) is 2. The van der Waals surface area contributed by atoms with Crippen molar-refractivity contribution in [2.24, 2.45) is 0 Å². The Labute approximate surface area is 142 Å². The summed E-state index contributed by atoms with van der Waals surface area (Å²) in [5, 5.41) is 2.85. The predicted octanol–water partition coefficient (Wildman–Crippen LogP) is 1.21. The molecule has 5 heteroatoms. The van der Waals surface area contributed by atoms with Crippen LogP contribution in [0.15, 0.2) is 48.5 Å². The van der Waals surface area contributed by atoms with Crippen LogP contribution in [0.25, 0.3) is 0 Å². The van der Waals surface area contributed by atoms with E-state index < -0.39 is 0 Å². The van der Waals surface area contributed by atoms with E-state index in [9.17, 15) is 9.18 Å². The monoisotopic (exact) mass is 331 g/mol. The van der Waals surface area contributed by atoms with Crippen LogP contribution >= 0.6 is 0 Å². The minimum atomic E-state index is -0.229. The van der Waals surface area contributed by atoms with E-state index >= 15 is 0 Å². The molecular weight excluding hydrogens is 307 g/mol. The molecular formula is C19H24FN2O2+. The Hall–Kier alpha value is -2.40. The molecule has 2 aromatic carbocycles. The molecule has 0 saturated heterocycles. The van der Waals surface area contributed by atoms with Crippen LogP contribution in [-0.2, 0) is 17.8 Å². The molecule has 4 nitrogen and oxygen atoms in total. The third-order valence-electron chi connectivity index (χ3n) is 3.78. The summed E-state index contributed by atoms with van der Waals surface area (Å²) in [5.74, 6) is 0.550. The zero-order valence-electron chi connectivity index (χ0n) is 14.1. The van der Waals surface area contributed by atoms with Gasteiger partial charge in [0.05, 0.1) is 14.2 Å². The summed E-state index contributed by atoms with van der Waals surface area (Å²) in [4.78, 5) is 13.1. The molecule has 2 N–H and O–H groups in total. The van der Waals surface area contributed by atoms with E-state index in [4.69, 9.17) is 4.74 Å². The zero-order chi connectivity index (χ0) is 17.4. The highest BCUT2D eigenvalue weighted by Gasteiger charge is 2.11. The second-order valence-electron chi connectivity index (χ2n) is 5.85. The number of quaternary nitrogens is 1. The van der Waals surface area contributed by atoms with E-state index in [1.807, 2.05) is 31.3 Å². The molecule has 2 aromatic rings. The lowest BCUT2D eigenvalue weighted by molar-refractivity contribution is -0.885. The van der Waals surface area contributed by atoms with Crippen LogP contribution in [0.3, 0.4) is 0 Å². The number of nitrogens with one attached hydrogen (secondary N) is 2. The van der Waals surface area contributed by atoms with E-state index in [1.165, 1.54) is 6.07 Å². The normalized spacial score (nSPS) is 11.8. The molecule has 0 saturated carbocycles. The van der Waals surface area contributed by atoms with Crippen molar-refractivity contribution in [3.63, 3.8) is 0 Å². The molecule has 0 aliphatic carbocycles. The summed E-state index contributed by atoms with van der Waals surface area (Å²) in [5.41, 5.74) is 1.74. The first kappa shape index (κ1) is 17.9. The number of methoxy groups -OCH3 is 1. The zero-order valence-corrected chi connectivity index (χ0v) is 14.1. The molecule has 1 unspecified atom stereocenters. The number of carbonyl (C=O) groups is 1.